The monoisotopic (exact) mass is 581 g/mol. The van der Waals surface area contributed by atoms with Crippen LogP contribution in [0.3, 0.4) is 0 Å². The summed E-state index contributed by atoms with van der Waals surface area (Å²) in [5, 5.41) is 10.8. The Labute approximate surface area is 247 Å². The van der Waals surface area contributed by atoms with Gasteiger partial charge in [0.2, 0.25) is 5.91 Å². The molecule has 0 aromatic heterocycles. The molecule has 9 nitrogen and oxygen atoms in total. The largest absolute Gasteiger partial charge is 0.380 e. The van der Waals surface area contributed by atoms with E-state index in [1.165, 1.54) is 44.9 Å². The molecule has 5 unspecified atom stereocenters. The normalized spacial score (nSPS) is 34.6. The van der Waals surface area contributed by atoms with Gasteiger partial charge in [0.15, 0.2) is 0 Å². The minimum Gasteiger partial charge on any atom is -0.380 e. The molecule has 5 aliphatic rings. The molecule has 4 heterocycles. The van der Waals surface area contributed by atoms with Crippen LogP contribution in [0.2, 0.25) is 0 Å². The minimum absolute atomic E-state index is 0.00386. The van der Waals surface area contributed by atoms with Gasteiger partial charge >= 0.3 is 0 Å². The lowest BCUT2D eigenvalue weighted by atomic mass is 9.73. The second kappa shape index (κ2) is 14.8. The molecule has 1 aliphatic carbocycles. The maximum Gasteiger partial charge on any atom is 0.227 e. The van der Waals surface area contributed by atoms with Crippen molar-refractivity contribution in [2.24, 2.45) is 22.8 Å². The molecule has 1 amide bonds. The van der Waals surface area contributed by atoms with Crippen molar-refractivity contribution >= 4 is 17.5 Å². The lowest BCUT2D eigenvalue weighted by molar-refractivity contribution is -0.128. The van der Waals surface area contributed by atoms with E-state index >= 15 is 0 Å². The first-order valence-corrected chi connectivity index (χ1v) is 16.8. The average Bonchev–Trinajstić information content (AvgIpc) is 3.26. The summed E-state index contributed by atoms with van der Waals surface area (Å²) in [7, 11) is 0. The van der Waals surface area contributed by atoms with Crippen LogP contribution in [0.25, 0.3) is 0 Å². The summed E-state index contributed by atoms with van der Waals surface area (Å²) in [4.78, 5) is 19.3. The van der Waals surface area contributed by atoms with Gasteiger partial charge in [0.25, 0.3) is 0 Å². The van der Waals surface area contributed by atoms with E-state index in [4.69, 9.17) is 27.8 Å². The Hall–Kier alpha value is -0.520. The Morgan fingerprint density at radius 2 is 1.70 bits per heavy atom. The first-order valence-electron chi connectivity index (χ1n) is 16.4. The molecule has 1 saturated carbocycles. The van der Waals surface area contributed by atoms with E-state index in [9.17, 15) is 4.79 Å². The molecule has 0 aromatic carbocycles. The van der Waals surface area contributed by atoms with Crippen LogP contribution in [0.5, 0.6) is 0 Å². The summed E-state index contributed by atoms with van der Waals surface area (Å²) < 4.78 is 5.69. The number of amides is 1. The maximum atomic E-state index is 14.0. The molecule has 5 rings (SSSR count). The van der Waals surface area contributed by atoms with Crippen molar-refractivity contribution in [3.63, 3.8) is 0 Å². The number of likely N-dealkylation sites (tertiary alicyclic amines) is 1. The Balaban J connectivity index is 1.23. The second-order valence-corrected chi connectivity index (χ2v) is 14.1. The van der Waals surface area contributed by atoms with Crippen molar-refractivity contribution in [3.05, 3.63) is 0 Å². The summed E-state index contributed by atoms with van der Waals surface area (Å²) >= 11 is 6.67. The van der Waals surface area contributed by atoms with E-state index in [2.05, 4.69) is 25.8 Å². The number of rotatable bonds is 6. The van der Waals surface area contributed by atoms with Crippen molar-refractivity contribution in [2.75, 3.05) is 59.0 Å². The van der Waals surface area contributed by atoms with Crippen LogP contribution in [0.15, 0.2) is 0 Å². The van der Waals surface area contributed by atoms with Crippen LogP contribution in [0.4, 0.5) is 0 Å². The summed E-state index contributed by atoms with van der Waals surface area (Å²) in [5.41, 5.74) is 13.1. The van der Waals surface area contributed by atoms with Gasteiger partial charge in [0, 0.05) is 69.4 Å². The molecule has 4 aliphatic heterocycles. The van der Waals surface area contributed by atoms with Crippen LogP contribution in [-0.4, -0.2) is 110 Å². The minimum atomic E-state index is -0.714. The number of nitrogens with zero attached hydrogens (tertiary/aromatic N) is 2. The first-order chi connectivity index (χ1) is 19.4. The van der Waals surface area contributed by atoms with Crippen LogP contribution in [0, 0.1) is 11.3 Å². The number of carbonyl (C=O) groups is 1. The molecule has 230 valence electrons. The van der Waals surface area contributed by atoms with Crippen molar-refractivity contribution in [2.45, 2.75) is 113 Å². The van der Waals surface area contributed by atoms with Crippen molar-refractivity contribution < 1.29 is 9.53 Å². The SMILES string of the molecule is NC(N)C(C(=O)NC1CNCCC1N1CCC(N2CCCOCC2)CC1)C1CC2(CCCC2)CCCC(Cl)CN1. The second-order valence-electron chi connectivity index (χ2n) is 13.5. The first kappa shape index (κ1) is 30.9. The number of hydrogen-bond donors (Lipinski definition) is 5. The quantitative estimate of drug-likeness (QED) is 0.237. The predicted octanol–water partition coefficient (Wildman–Crippen LogP) is 1.58. The standard InChI is InChI=1S/C30H56ClN7O2/c31-22-5-3-11-30(9-1-2-10-30)19-24(35-20-22)27(28(32)33)29(39)36-25-21-34-12-6-26(25)38-14-7-23(8-15-38)37-13-4-17-40-18-16-37/h22-28,34-35H,1-21,32-33H2,(H,36,39). The fourth-order valence-corrected chi connectivity index (χ4v) is 8.84. The van der Waals surface area contributed by atoms with Gasteiger partial charge in [0.1, 0.15) is 0 Å². The molecule has 0 radical (unpaired) electrons. The lowest BCUT2D eigenvalue weighted by Gasteiger charge is -2.46. The summed E-state index contributed by atoms with van der Waals surface area (Å²) in [6, 6.07) is 0.995. The Kier molecular flexibility index (Phi) is 11.4. The molecular formula is C30H56ClN7O2. The molecule has 5 fully saturated rings. The number of hydrogen-bond acceptors (Lipinski definition) is 8. The van der Waals surface area contributed by atoms with Gasteiger partial charge in [0.05, 0.1) is 24.7 Å². The van der Waals surface area contributed by atoms with Gasteiger partial charge in [-0.2, -0.15) is 0 Å². The van der Waals surface area contributed by atoms with Crippen LogP contribution >= 0.6 is 11.6 Å². The molecule has 10 heteroatoms. The van der Waals surface area contributed by atoms with E-state index in [0.29, 0.717) is 18.6 Å². The van der Waals surface area contributed by atoms with Gasteiger partial charge in [-0.1, -0.05) is 19.3 Å². The van der Waals surface area contributed by atoms with Gasteiger partial charge < -0.3 is 32.2 Å². The highest BCUT2D eigenvalue weighted by atomic mass is 35.5. The zero-order valence-corrected chi connectivity index (χ0v) is 25.4. The predicted molar refractivity (Wildman–Crippen MR) is 161 cm³/mol. The van der Waals surface area contributed by atoms with E-state index < -0.39 is 12.1 Å². The van der Waals surface area contributed by atoms with Crippen molar-refractivity contribution in [1.82, 2.24) is 25.8 Å². The fraction of sp³-hybridized carbons (Fsp3) is 0.967. The van der Waals surface area contributed by atoms with Gasteiger partial charge in [-0.3, -0.25) is 14.6 Å². The molecule has 5 atom stereocenters. The smallest absolute Gasteiger partial charge is 0.227 e. The van der Waals surface area contributed by atoms with Gasteiger partial charge in [-0.25, -0.2) is 0 Å². The highest BCUT2D eigenvalue weighted by Crippen LogP contribution is 2.47. The van der Waals surface area contributed by atoms with E-state index in [1.807, 2.05) is 0 Å². The number of halogens is 1. The molecule has 4 saturated heterocycles. The van der Waals surface area contributed by atoms with Gasteiger partial charge in [-0.15, -0.1) is 11.6 Å². The Morgan fingerprint density at radius 1 is 0.925 bits per heavy atom. The number of alkyl halides is 1. The summed E-state index contributed by atoms with van der Waals surface area (Å²) in [6.07, 6.45) is 13.2. The number of ether oxygens (including phenoxy) is 1. The molecular weight excluding hydrogens is 526 g/mol. The highest BCUT2D eigenvalue weighted by molar-refractivity contribution is 6.20. The summed E-state index contributed by atoms with van der Waals surface area (Å²) in [5.74, 6) is -0.470. The maximum absolute atomic E-state index is 14.0. The third-order valence-electron chi connectivity index (χ3n) is 10.8. The molecule has 1 spiro atoms. The third kappa shape index (κ3) is 7.90. The van der Waals surface area contributed by atoms with Crippen LogP contribution < -0.4 is 27.4 Å². The number of nitrogens with two attached hydrogens (primary N) is 2. The van der Waals surface area contributed by atoms with E-state index in [1.54, 1.807) is 0 Å². The fourth-order valence-electron chi connectivity index (χ4n) is 8.60. The highest BCUT2D eigenvalue weighted by Gasteiger charge is 2.43. The molecule has 0 aromatic rings. The summed E-state index contributed by atoms with van der Waals surface area (Å²) in [6.45, 7) is 8.60. The molecule has 7 N–H and O–H groups in total. The lowest BCUT2D eigenvalue weighted by Crippen LogP contribution is -2.65. The van der Waals surface area contributed by atoms with Gasteiger partial charge in [-0.05, 0) is 69.7 Å². The van der Waals surface area contributed by atoms with Crippen molar-refractivity contribution in [1.29, 1.82) is 0 Å². The topological polar surface area (TPSA) is 121 Å². The van der Waals surface area contributed by atoms with Crippen LogP contribution in [-0.2, 0) is 9.53 Å². The van der Waals surface area contributed by atoms with Crippen LogP contribution in [0.1, 0.15) is 77.0 Å². The molecule has 40 heavy (non-hydrogen) atoms. The number of nitrogens with one attached hydrogen (secondary N) is 3. The zero-order valence-electron chi connectivity index (χ0n) is 24.6. The third-order valence-corrected chi connectivity index (χ3v) is 11.2. The molecule has 0 bridgehead atoms. The number of carbonyl (C=O) groups excluding carboxylic acids is 1. The zero-order chi connectivity index (χ0) is 28.0. The van der Waals surface area contributed by atoms with E-state index in [0.717, 1.165) is 84.6 Å². The van der Waals surface area contributed by atoms with Crippen molar-refractivity contribution in [3.8, 4) is 0 Å². The van der Waals surface area contributed by atoms with E-state index in [-0.39, 0.29) is 28.8 Å². The Bertz CT molecular complexity index is 782. The Morgan fingerprint density at radius 3 is 2.48 bits per heavy atom. The average molecular weight is 582 g/mol. The number of piperidine rings is 2.